The molecule has 2 N–H and O–H groups in total. The van der Waals surface area contributed by atoms with Gasteiger partial charge in [-0.15, -0.1) is 11.3 Å². The van der Waals surface area contributed by atoms with Crippen LogP contribution in [0.25, 0.3) is 0 Å². The fraction of sp³-hybridized carbons (Fsp3) is 0.615. The smallest absolute Gasteiger partial charge is 0.306 e. The van der Waals surface area contributed by atoms with Crippen molar-refractivity contribution < 1.29 is 15.0 Å². The van der Waals surface area contributed by atoms with Gasteiger partial charge in [-0.1, -0.05) is 6.92 Å². The van der Waals surface area contributed by atoms with E-state index in [4.69, 9.17) is 0 Å². The van der Waals surface area contributed by atoms with Gasteiger partial charge < -0.3 is 10.2 Å². The van der Waals surface area contributed by atoms with Gasteiger partial charge in [-0.05, 0) is 47.7 Å². The van der Waals surface area contributed by atoms with Gasteiger partial charge in [-0.2, -0.15) is 0 Å². The first-order valence-electron chi connectivity index (χ1n) is 6.06. The number of hydrogen-bond acceptors (Lipinski definition) is 3. The minimum absolute atomic E-state index is 0.164. The van der Waals surface area contributed by atoms with E-state index < -0.39 is 18.0 Å². The molecule has 0 spiro atoms. The highest BCUT2D eigenvalue weighted by molar-refractivity contribution is 9.10. The molecule has 18 heavy (non-hydrogen) atoms. The predicted octanol–water partition coefficient (Wildman–Crippen LogP) is 3.60. The Morgan fingerprint density at radius 1 is 1.56 bits per heavy atom. The minimum Gasteiger partial charge on any atom is -0.481 e. The molecule has 2 rings (SSSR count). The topological polar surface area (TPSA) is 57.5 Å². The summed E-state index contributed by atoms with van der Waals surface area (Å²) in [6.07, 6.45) is 0.793. The maximum absolute atomic E-state index is 11.2. The van der Waals surface area contributed by atoms with Crippen LogP contribution in [0, 0.1) is 24.7 Å². The molecule has 0 bridgehead atoms. The summed E-state index contributed by atoms with van der Waals surface area (Å²) in [5, 5.41) is 19.7. The predicted molar refractivity (Wildman–Crippen MR) is 74.7 cm³/mol. The summed E-state index contributed by atoms with van der Waals surface area (Å²) in [4.78, 5) is 13.2. The molecule has 4 atom stereocenters. The van der Waals surface area contributed by atoms with E-state index in [1.165, 1.54) is 11.3 Å². The lowest BCUT2D eigenvalue weighted by Crippen LogP contribution is -2.23. The van der Waals surface area contributed by atoms with Crippen LogP contribution >= 0.6 is 27.3 Å². The fourth-order valence-corrected chi connectivity index (χ4v) is 4.43. The third-order valence-electron chi connectivity index (χ3n) is 3.74. The molecule has 0 radical (unpaired) electrons. The molecule has 0 aromatic carbocycles. The molecule has 1 aromatic heterocycles. The minimum atomic E-state index is -0.782. The zero-order chi connectivity index (χ0) is 13.4. The van der Waals surface area contributed by atoms with Gasteiger partial charge in [-0.25, -0.2) is 0 Å². The highest BCUT2D eigenvalue weighted by atomic mass is 79.9. The second-order valence-electron chi connectivity index (χ2n) is 5.18. The van der Waals surface area contributed by atoms with Gasteiger partial charge in [-0.3, -0.25) is 4.79 Å². The number of carboxylic acid groups (broad SMARTS) is 1. The van der Waals surface area contributed by atoms with E-state index in [2.05, 4.69) is 22.9 Å². The molecule has 1 aliphatic rings. The first-order chi connectivity index (χ1) is 8.40. The van der Waals surface area contributed by atoms with Crippen LogP contribution in [0.5, 0.6) is 0 Å². The summed E-state index contributed by atoms with van der Waals surface area (Å²) in [5.74, 6) is -0.996. The van der Waals surface area contributed by atoms with Gasteiger partial charge in [0, 0.05) is 20.1 Å². The number of hydrogen-bond donors (Lipinski definition) is 2. The van der Waals surface area contributed by atoms with Crippen LogP contribution in [0.3, 0.4) is 0 Å². The van der Waals surface area contributed by atoms with E-state index in [0.717, 1.165) is 20.6 Å². The third-order valence-corrected chi connectivity index (χ3v) is 5.95. The lowest BCUT2D eigenvalue weighted by atomic mass is 9.90. The van der Waals surface area contributed by atoms with Crippen LogP contribution in [-0.2, 0) is 4.79 Å². The molecule has 0 saturated heterocycles. The van der Waals surface area contributed by atoms with Crippen LogP contribution in [-0.4, -0.2) is 16.2 Å². The Hall–Kier alpha value is -0.390. The lowest BCUT2D eigenvalue weighted by molar-refractivity contribution is -0.144. The number of aliphatic hydroxyl groups is 1. The van der Waals surface area contributed by atoms with Crippen LogP contribution in [0.2, 0.25) is 0 Å². The van der Waals surface area contributed by atoms with Gasteiger partial charge in [0.2, 0.25) is 0 Å². The first-order valence-corrected chi connectivity index (χ1v) is 7.67. The maximum atomic E-state index is 11.2. The van der Waals surface area contributed by atoms with Crippen LogP contribution < -0.4 is 0 Å². The third kappa shape index (κ3) is 2.63. The number of aliphatic carboxylic acids is 1. The molecular weight excluding hydrogens is 316 g/mol. The molecular formula is C13H17BrO3S. The summed E-state index contributed by atoms with van der Waals surface area (Å²) in [6.45, 7) is 4.04. The summed E-state index contributed by atoms with van der Waals surface area (Å²) >= 11 is 4.97. The van der Waals surface area contributed by atoms with Crippen LogP contribution in [0.4, 0.5) is 0 Å². The summed E-state index contributed by atoms with van der Waals surface area (Å²) in [6, 6.07) is 1.91. The molecule has 4 unspecified atom stereocenters. The van der Waals surface area contributed by atoms with Crippen LogP contribution in [0.1, 0.15) is 35.6 Å². The normalized spacial score (nSPS) is 29.4. The van der Waals surface area contributed by atoms with Crippen molar-refractivity contribution in [3.8, 4) is 0 Å². The van der Waals surface area contributed by atoms with E-state index in [1.54, 1.807) is 0 Å². The molecule has 1 aromatic rings. The number of rotatable bonds is 3. The second-order valence-corrected chi connectivity index (χ2v) is 7.33. The Balaban J connectivity index is 2.22. The number of carboxylic acids is 1. The number of halogens is 1. The van der Waals surface area contributed by atoms with Gasteiger partial charge in [0.15, 0.2) is 0 Å². The monoisotopic (exact) mass is 332 g/mol. The van der Waals surface area contributed by atoms with Crippen molar-refractivity contribution >= 4 is 33.2 Å². The molecule has 1 heterocycles. The zero-order valence-corrected chi connectivity index (χ0v) is 12.8. The van der Waals surface area contributed by atoms with Gasteiger partial charge >= 0.3 is 5.97 Å². The average Bonchev–Trinajstić information content (AvgIpc) is 2.82. The molecule has 5 heteroatoms. The second kappa shape index (κ2) is 5.31. The number of aliphatic hydroxyl groups excluding tert-OH is 1. The van der Waals surface area contributed by atoms with E-state index in [-0.39, 0.29) is 5.92 Å². The largest absolute Gasteiger partial charge is 0.481 e. The first kappa shape index (κ1) is 14.0. The molecule has 1 fully saturated rings. The molecule has 3 nitrogen and oxygen atoms in total. The summed E-state index contributed by atoms with van der Waals surface area (Å²) in [5.41, 5.74) is 0. The highest BCUT2D eigenvalue weighted by Gasteiger charge is 2.41. The Morgan fingerprint density at radius 3 is 2.72 bits per heavy atom. The molecule has 1 saturated carbocycles. The quantitative estimate of drug-likeness (QED) is 0.889. The van der Waals surface area contributed by atoms with Crippen molar-refractivity contribution in [1.82, 2.24) is 0 Å². The molecule has 0 amide bonds. The van der Waals surface area contributed by atoms with Crippen molar-refractivity contribution in [3.63, 3.8) is 0 Å². The average molecular weight is 333 g/mol. The summed E-state index contributed by atoms with van der Waals surface area (Å²) in [7, 11) is 0. The Labute approximate surface area is 119 Å². The van der Waals surface area contributed by atoms with Gasteiger partial charge in [0.25, 0.3) is 0 Å². The van der Waals surface area contributed by atoms with E-state index in [9.17, 15) is 15.0 Å². The van der Waals surface area contributed by atoms with Gasteiger partial charge in [0.1, 0.15) is 0 Å². The highest BCUT2D eigenvalue weighted by Crippen LogP contribution is 2.45. The summed E-state index contributed by atoms with van der Waals surface area (Å²) < 4.78 is 0.986. The molecule has 1 aliphatic carbocycles. The van der Waals surface area contributed by atoms with Crippen molar-refractivity contribution in [1.29, 1.82) is 0 Å². The number of carbonyl (C=O) groups is 1. The Morgan fingerprint density at radius 2 is 2.22 bits per heavy atom. The fourth-order valence-electron chi connectivity index (χ4n) is 2.80. The molecule has 0 aliphatic heterocycles. The number of thiophene rings is 1. The zero-order valence-electron chi connectivity index (χ0n) is 10.4. The van der Waals surface area contributed by atoms with Crippen molar-refractivity contribution in [2.24, 2.45) is 17.8 Å². The lowest BCUT2D eigenvalue weighted by Gasteiger charge is -2.21. The van der Waals surface area contributed by atoms with E-state index in [1.807, 2.05) is 13.0 Å². The van der Waals surface area contributed by atoms with Crippen LogP contribution in [0.15, 0.2) is 10.5 Å². The standard InChI is InChI=1S/C13H17BrO3S/c1-6-3-8(9(4-6)13(16)17)12(15)11-5-10(14)7(2)18-11/h5-6,8-9,12,15H,3-4H2,1-2H3,(H,16,17). The Bertz CT molecular complexity index is 438. The van der Waals surface area contributed by atoms with Crippen molar-refractivity contribution in [3.05, 3.63) is 20.3 Å². The Kier molecular flexibility index (Phi) is 4.14. The molecule has 100 valence electrons. The van der Waals surface area contributed by atoms with Gasteiger partial charge in [0.05, 0.1) is 12.0 Å². The van der Waals surface area contributed by atoms with E-state index in [0.29, 0.717) is 12.3 Å². The van der Waals surface area contributed by atoms with Crippen molar-refractivity contribution in [2.75, 3.05) is 0 Å². The number of aryl methyl sites for hydroxylation is 1. The van der Waals surface area contributed by atoms with E-state index >= 15 is 0 Å². The SMILES string of the molecule is Cc1sc(C(O)C2CC(C)CC2C(=O)O)cc1Br. The maximum Gasteiger partial charge on any atom is 0.306 e. The van der Waals surface area contributed by atoms with Crippen molar-refractivity contribution in [2.45, 2.75) is 32.8 Å².